The van der Waals surface area contributed by atoms with Crippen molar-refractivity contribution in [2.24, 2.45) is 0 Å². The zero-order chi connectivity index (χ0) is 20.8. The van der Waals surface area contributed by atoms with Crippen molar-refractivity contribution in [1.29, 1.82) is 0 Å². The van der Waals surface area contributed by atoms with Gasteiger partial charge < -0.3 is 13.8 Å². The summed E-state index contributed by atoms with van der Waals surface area (Å²) in [7, 11) is 0. The number of hydrogen-bond donors (Lipinski definition) is 1. The van der Waals surface area contributed by atoms with Crippen molar-refractivity contribution in [2.75, 3.05) is 0 Å². The lowest BCUT2D eigenvalue weighted by atomic mass is 10.1. The van der Waals surface area contributed by atoms with Crippen molar-refractivity contribution in [2.45, 2.75) is 6.42 Å². The molecule has 7 heteroatoms. The van der Waals surface area contributed by atoms with Crippen molar-refractivity contribution in [3.05, 3.63) is 107 Å². The van der Waals surface area contributed by atoms with Crippen LogP contribution in [-0.4, -0.2) is 23.9 Å². The Balaban J connectivity index is 1.60. The van der Waals surface area contributed by atoms with Gasteiger partial charge in [-0.25, -0.2) is 9.97 Å². The van der Waals surface area contributed by atoms with E-state index in [2.05, 4.69) is 9.97 Å². The van der Waals surface area contributed by atoms with Crippen LogP contribution in [0.2, 0.25) is 0 Å². The Kier molecular flexibility index (Phi) is 3.86. The summed E-state index contributed by atoms with van der Waals surface area (Å²) in [5.74, 6) is 1.28. The van der Waals surface area contributed by atoms with E-state index >= 15 is 0 Å². The van der Waals surface area contributed by atoms with Crippen LogP contribution >= 0.6 is 0 Å². The lowest BCUT2D eigenvalue weighted by Gasteiger charge is -2.13. The second kappa shape index (κ2) is 6.84. The monoisotopic (exact) mass is 407 g/mol. The molecule has 0 radical (unpaired) electrons. The summed E-state index contributed by atoms with van der Waals surface area (Å²) in [4.78, 5) is 25.7. The van der Waals surface area contributed by atoms with Gasteiger partial charge in [0.15, 0.2) is 5.82 Å². The molecule has 0 bridgehead atoms. The molecule has 5 heterocycles. The minimum Gasteiger partial charge on any atom is -0.469 e. The van der Waals surface area contributed by atoms with Crippen LogP contribution in [0.1, 0.15) is 11.5 Å². The van der Waals surface area contributed by atoms with Crippen LogP contribution in [0.4, 0.5) is 0 Å². The zero-order valence-electron chi connectivity index (χ0n) is 16.4. The summed E-state index contributed by atoms with van der Waals surface area (Å²) in [6.07, 6.45) is 9.38. The maximum absolute atomic E-state index is 13.2. The predicted octanol–water partition coefficient (Wildman–Crippen LogP) is 4.16. The molecule has 0 unspecified atom stereocenters. The van der Waals surface area contributed by atoms with Crippen LogP contribution in [0.3, 0.4) is 0 Å². The normalized spacial score (nSPS) is 11.5. The van der Waals surface area contributed by atoms with Gasteiger partial charge in [-0.05, 0) is 29.8 Å². The number of furan rings is 1. The molecule has 0 saturated carbocycles. The van der Waals surface area contributed by atoms with E-state index in [1.807, 2.05) is 77.6 Å². The van der Waals surface area contributed by atoms with Crippen LogP contribution in [-0.2, 0) is 6.42 Å². The Morgan fingerprint density at radius 2 is 1.87 bits per heavy atom. The third-order valence-corrected chi connectivity index (χ3v) is 5.36. The average Bonchev–Trinajstić information content (AvgIpc) is 3.55. The highest BCUT2D eigenvalue weighted by atomic mass is 16.3. The molecule has 0 atom stereocenters. The molecule has 0 aliphatic carbocycles. The predicted molar refractivity (Wildman–Crippen MR) is 117 cm³/mol. The van der Waals surface area contributed by atoms with E-state index in [-0.39, 0.29) is 5.56 Å². The minimum atomic E-state index is -0.150. The number of H-pyrrole nitrogens is 1. The minimum absolute atomic E-state index is 0.150. The highest BCUT2D eigenvalue weighted by Gasteiger charge is 2.22. The zero-order valence-corrected chi connectivity index (χ0v) is 16.4. The van der Waals surface area contributed by atoms with Gasteiger partial charge in [-0.1, -0.05) is 30.3 Å². The summed E-state index contributed by atoms with van der Waals surface area (Å²) >= 11 is 0. The third-order valence-electron chi connectivity index (χ3n) is 5.36. The van der Waals surface area contributed by atoms with Crippen molar-refractivity contribution >= 4 is 5.65 Å². The molecule has 150 valence electrons. The maximum Gasteiger partial charge on any atom is 0.278 e. The number of rotatable bonds is 4. The molecule has 1 N–H and O–H groups in total. The average molecular weight is 407 g/mol. The lowest BCUT2D eigenvalue weighted by Crippen LogP contribution is -2.16. The fraction of sp³-hybridized carbons (Fsp3) is 0.0417. The molecule has 0 spiro atoms. The molecule has 0 amide bonds. The standard InChI is InChI=1S/C24H17N5O2/c30-24-19(13-18-7-4-12-31-18)27-23-22(17-8-9-21-25-10-11-28(21)14-17)26-20(15-29(23)24)16-5-2-1-3-6-16/h1-12,14-15,26H,13H2. The molecular weight excluding hydrogens is 390 g/mol. The van der Waals surface area contributed by atoms with Gasteiger partial charge >= 0.3 is 0 Å². The fourth-order valence-electron chi connectivity index (χ4n) is 3.84. The number of nitrogens with zero attached hydrogens (tertiary/aromatic N) is 4. The first-order chi connectivity index (χ1) is 15.3. The van der Waals surface area contributed by atoms with Gasteiger partial charge in [0.2, 0.25) is 0 Å². The van der Waals surface area contributed by atoms with E-state index in [0.717, 1.165) is 28.2 Å². The molecule has 4 aromatic rings. The maximum atomic E-state index is 13.2. The Hall–Kier alpha value is -4.39. The Bertz CT molecular complexity index is 1520. The molecule has 0 saturated heterocycles. The first-order valence-corrected chi connectivity index (χ1v) is 9.91. The number of benzene rings is 1. The number of pyridine rings is 1. The van der Waals surface area contributed by atoms with Gasteiger partial charge in [0.1, 0.15) is 17.1 Å². The summed E-state index contributed by atoms with van der Waals surface area (Å²) in [5.41, 5.74) is 4.62. The van der Waals surface area contributed by atoms with Gasteiger partial charge in [0.25, 0.3) is 5.56 Å². The first kappa shape index (κ1) is 17.5. The van der Waals surface area contributed by atoms with Crippen LogP contribution in [0, 0.1) is 0 Å². The van der Waals surface area contributed by atoms with Crippen LogP contribution in [0.5, 0.6) is 0 Å². The second-order valence-corrected chi connectivity index (χ2v) is 7.33. The van der Waals surface area contributed by atoms with E-state index in [4.69, 9.17) is 9.40 Å². The summed E-state index contributed by atoms with van der Waals surface area (Å²) in [6.45, 7) is 0. The molecule has 1 aromatic carbocycles. The molecule has 2 aliphatic heterocycles. The van der Waals surface area contributed by atoms with Gasteiger partial charge in [0, 0.05) is 30.4 Å². The van der Waals surface area contributed by atoms with Gasteiger partial charge in [-0.3, -0.25) is 9.36 Å². The lowest BCUT2D eigenvalue weighted by molar-refractivity contribution is 0.519. The number of aromatic nitrogens is 5. The van der Waals surface area contributed by atoms with Gasteiger partial charge in [-0.2, -0.15) is 0 Å². The van der Waals surface area contributed by atoms with Crippen molar-refractivity contribution in [1.82, 2.24) is 23.9 Å². The van der Waals surface area contributed by atoms with Crippen molar-refractivity contribution < 1.29 is 4.42 Å². The number of nitrogens with one attached hydrogen (secondary N) is 1. The van der Waals surface area contributed by atoms with Gasteiger partial charge in [-0.15, -0.1) is 0 Å². The van der Waals surface area contributed by atoms with Crippen LogP contribution < -0.4 is 5.56 Å². The number of hydrogen-bond acceptors (Lipinski definition) is 4. The molecule has 2 aliphatic rings. The molecule has 31 heavy (non-hydrogen) atoms. The van der Waals surface area contributed by atoms with E-state index in [1.54, 1.807) is 17.0 Å². The number of aromatic amines is 1. The van der Waals surface area contributed by atoms with Crippen molar-refractivity contribution in [3.8, 4) is 28.3 Å². The molecule has 6 rings (SSSR count). The first-order valence-electron chi connectivity index (χ1n) is 9.91. The van der Waals surface area contributed by atoms with Crippen LogP contribution in [0.15, 0.2) is 94.9 Å². The van der Waals surface area contributed by atoms with Crippen LogP contribution in [0.25, 0.3) is 34.0 Å². The largest absolute Gasteiger partial charge is 0.469 e. The number of imidazole rings is 2. The smallest absolute Gasteiger partial charge is 0.278 e. The fourth-order valence-corrected chi connectivity index (χ4v) is 3.84. The van der Waals surface area contributed by atoms with Crippen molar-refractivity contribution in [3.63, 3.8) is 0 Å². The Labute approximate surface area is 176 Å². The molecule has 0 fully saturated rings. The number of fused-ring (bicyclic) bond motifs is 2. The van der Waals surface area contributed by atoms with E-state index < -0.39 is 0 Å². The molecular formula is C24H17N5O2. The van der Waals surface area contributed by atoms with E-state index in [9.17, 15) is 4.79 Å². The molecule has 7 nitrogen and oxygen atoms in total. The second-order valence-electron chi connectivity index (χ2n) is 7.33. The van der Waals surface area contributed by atoms with E-state index in [1.165, 1.54) is 0 Å². The SMILES string of the molecule is O=c1c(Cc2ccco2)nc2c(-c3ccc4nccn4c3)[nH]c(-c3ccccc3)cn1-2. The third kappa shape index (κ3) is 2.95. The summed E-state index contributed by atoms with van der Waals surface area (Å²) in [6, 6.07) is 17.5. The molecule has 3 aromatic heterocycles. The summed E-state index contributed by atoms with van der Waals surface area (Å²) < 4.78 is 8.99. The highest BCUT2D eigenvalue weighted by Crippen LogP contribution is 2.29. The summed E-state index contributed by atoms with van der Waals surface area (Å²) in [5, 5.41) is 0. The quantitative estimate of drug-likeness (QED) is 0.476. The van der Waals surface area contributed by atoms with E-state index in [0.29, 0.717) is 23.7 Å². The highest BCUT2D eigenvalue weighted by molar-refractivity contribution is 5.72. The topological polar surface area (TPSA) is 81.1 Å². The Morgan fingerprint density at radius 3 is 2.71 bits per heavy atom. The Morgan fingerprint density at radius 1 is 0.968 bits per heavy atom. The van der Waals surface area contributed by atoms with Gasteiger partial charge in [0.05, 0.1) is 24.1 Å².